The molecular weight excluding hydrogens is 268 g/mol. The first-order valence-corrected chi connectivity index (χ1v) is 7.35. The Morgan fingerprint density at radius 3 is 2.81 bits per heavy atom. The molecule has 0 atom stereocenters. The average molecular weight is 288 g/mol. The molecule has 1 fully saturated rings. The summed E-state index contributed by atoms with van der Waals surface area (Å²) >= 11 is 0. The molecule has 0 radical (unpaired) electrons. The summed E-state index contributed by atoms with van der Waals surface area (Å²) in [7, 11) is 0. The number of hydrogen-bond donors (Lipinski definition) is 2. The van der Waals surface area contributed by atoms with Crippen LogP contribution in [-0.4, -0.2) is 36.6 Å². The summed E-state index contributed by atoms with van der Waals surface area (Å²) in [6, 6.07) is 5.81. The van der Waals surface area contributed by atoms with Crippen molar-refractivity contribution in [3.8, 4) is 0 Å². The van der Waals surface area contributed by atoms with Crippen molar-refractivity contribution in [3.05, 3.63) is 29.3 Å². The number of benzene rings is 1. The molecule has 1 aromatic rings. The summed E-state index contributed by atoms with van der Waals surface area (Å²) in [5.74, 6) is -1.09. The SMILES string of the molecule is Cc1cccc2c1CCN2C(=O)C(=O)NCC1(CO)CC1. The van der Waals surface area contributed by atoms with Gasteiger partial charge in [-0.15, -0.1) is 0 Å². The second kappa shape index (κ2) is 5.15. The van der Waals surface area contributed by atoms with Gasteiger partial charge in [-0.25, -0.2) is 0 Å². The molecule has 1 aliphatic heterocycles. The van der Waals surface area contributed by atoms with Crippen LogP contribution in [-0.2, 0) is 16.0 Å². The first-order chi connectivity index (χ1) is 10.1. The third kappa shape index (κ3) is 2.53. The van der Waals surface area contributed by atoms with E-state index in [9.17, 15) is 14.7 Å². The Bertz CT molecular complexity index is 593. The number of rotatable bonds is 3. The molecule has 112 valence electrons. The zero-order valence-electron chi connectivity index (χ0n) is 12.2. The highest BCUT2D eigenvalue weighted by Gasteiger charge is 2.42. The maximum Gasteiger partial charge on any atom is 0.316 e. The number of amides is 2. The fourth-order valence-corrected chi connectivity index (χ4v) is 2.85. The van der Waals surface area contributed by atoms with Crippen molar-refractivity contribution in [3.63, 3.8) is 0 Å². The van der Waals surface area contributed by atoms with Crippen molar-refractivity contribution in [2.24, 2.45) is 5.41 Å². The predicted molar refractivity (Wildman–Crippen MR) is 79.0 cm³/mol. The van der Waals surface area contributed by atoms with Crippen molar-refractivity contribution < 1.29 is 14.7 Å². The Morgan fingerprint density at radius 1 is 1.38 bits per heavy atom. The van der Waals surface area contributed by atoms with Gasteiger partial charge >= 0.3 is 11.8 Å². The number of fused-ring (bicyclic) bond motifs is 1. The van der Waals surface area contributed by atoms with Gasteiger partial charge in [0.15, 0.2) is 0 Å². The topological polar surface area (TPSA) is 69.6 Å². The molecule has 0 unspecified atom stereocenters. The maximum atomic E-state index is 12.3. The summed E-state index contributed by atoms with van der Waals surface area (Å²) in [6.45, 7) is 3.01. The molecule has 2 N–H and O–H groups in total. The Kier molecular flexibility index (Phi) is 3.45. The Labute approximate surface area is 123 Å². The molecule has 5 heteroatoms. The van der Waals surface area contributed by atoms with Gasteiger partial charge in [-0.05, 0) is 43.4 Å². The Balaban J connectivity index is 1.67. The van der Waals surface area contributed by atoms with Crippen LogP contribution in [0.4, 0.5) is 5.69 Å². The first kappa shape index (κ1) is 14.1. The number of carbonyl (C=O) groups excluding carboxylic acids is 2. The van der Waals surface area contributed by atoms with Gasteiger partial charge in [0, 0.05) is 24.2 Å². The number of anilines is 1. The minimum atomic E-state index is -0.580. The second-order valence-electron chi connectivity index (χ2n) is 6.12. The molecule has 5 nitrogen and oxygen atoms in total. The van der Waals surface area contributed by atoms with Gasteiger partial charge in [0.2, 0.25) is 0 Å². The zero-order chi connectivity index (χ0) is 15.0. The van der Waals surface area contributed by atoms with Gasteiger partial charge < -0.3 is 15.3 Å². The van der Waals surface area contributed by atoms with Crippen molar-refractivity contribution in [1.29, 1.82) is 0 Å². The number of carbonyl (C=O) groups is 2. The molecule has 0 aromatic heterocycles. The third-order valence-corrected chi connectivity index (χ3v) is 4.62. The summed E-state index contributed by atoms with van der Waals surface area (Å²) in [4.78, 5) is 25.9. The molecule has 1 aliphatic carbocycles. The minimum Gasteiger partial charge on any atom is -0.396 e. The summed E-state index contributed by atoms with van der Waals surface area (Å²) in [6.07, 6.45) is 2.61. The molecular formula is C16H20N2O3. The lowest BCUT2D eigenvalue weighted by Gasteiger charge is -2.18. The number of aryl methyl sites for hydroxylation is 1. The summed E-state index contributed by atoms with van der Waals surface area (Å²) < 4.78 is 0. The Morgan fingerprint density at radius 2 is 2.14 bits per heavy atom. The Hall–Kier alpha value is -1.88. The quantitative estimate of drug-likeness (QED) is 0.807. The lowest BCUT2D eigenvalue weighted by Crippen LogP contribution is -2.44. The minimum absolute atomic E-state index is 0.0627. The number of nitrogens with zero attached hydrogens (tertiary/aromatic N) is 1. The molecule has 1 heterocycles. The monoisotopic (exact) mass is 288 g/mol. The summed E-state index contributed by atoms with van der Waals surface area (Å²) in [5.41, 5.74) is 2.96. The molecule has 1 saturated carbocycles. The van der Waals surface area contributed by atoms with Crippen molar-refractivity contribution in [2.75, 3.05) is 24.6 Å². The van der Waals surface area contributed by atoms with Crippen LogP contribution >= 0.6 is 0 Å². The summed E-state index contributed by atoms with van der Waals surface area (Å²) in [5, 5.41) is 11.9. The average Bonchev–Trinajstić information content (AvgIpc) is 3.15. The van der Waals surface area contributed by atoms with Crippen molar-refractivity contribution in [2.45, 2.75) is 26.2 Å². The first-order valence-electron chi connectivity index (χ1n) is 7.35. The van der Waals surface area contributed by atoms with Gasteiger partial charge in [-0.1, -0.05) is 12.1 Å². The zero-order valence-corrected chi connectivity index (χ0v) is 12.2. The van der Waals surface area contributed by atoms with E-state index in [1.807, 2.05) is 25.1 Å². The molecule has 21 heavy (non-hydrogen) atoms. The van der Waals surface area contributed by atoms with Gasteiger partial charge in [0.05, 0.1) is 6.61 Å². The van der Waals surface area contributed by atoms with E-state index in [1.54, 1.807) is 4.90 Å². The van der Waals surface area contributed by atoms with Crippen molar-refractivity contribution >= 4 is 17.5 Å². The number of hydrogen-bond acceptors (Lipinski definition) is 3. The molecule has 2 amide bonds. The number of aliphatic hydroxyl groups excluding tert-OH is 1. The third-order valence-electron chi connectivity index (χ3n) is 4.62. The molecule has 0 saturated heterocycles. The fraction of sp³-hybridized carbons (Fsp3) is 0.500. The van der Waals surface area contributed by atoms with Crippen LogP contribution in [0.3, 0.4) is 0 Å². The lowest BCUT2D eigenvalue weighted by atomic mass is 10.1. The highest BCUT2D eigenvalue weighted by Crippen LogP contribution is 2.44. The lowest BCUT2D eigenvalue weighted by molar-refractivity contribution is -0.137. The van der Waals surface area contributed by atoms with E-state index in [1.165, 1.54) is 0 Å². The normalized spacial score (nSPS) is 18.3. The van der Waals surface area contributed by atoms with E-state index >= 15 is 0 Å². The highest BCUT2D eigenvalue weighted by atomic mass is 16.3. The van der Waals surface area contributed by atoms with E-state index in [-0.39, 0.29) is 12.0 Å². The van der Waals surface area contributed by atoms with Gasteiger partial charge in [0.1, 0.15) is 0 Å². The number of aliphatic hydroxyl groups is 1. The van der Waals surface area contributed by atoms with Crippen molar-refractivity contribution in [1.82, 2.24) is 5.32 Å². The molecule has 2 aliphatic rings. The highest BCUT2D eigenvalue weighted by molar-refractivity contribution is 6.40. The van der Waals surface area contributed by atoms with Crippen LogP contribution in [0.25, 0.3) is 0 Å². The second-order valence-corrected chi connectivity index (χ2v) is 6.12. The fourth-order valence-electron chi connectivity index (χ4n) is 2.85. The van der Waals surface area contributed by atoms with Crippen LogP contribution in [0.15, 0.2) is 18.2 Å². The van der Waals surface area contributed by atoms with E-state index < -0.39 is 11.8 Å². The molecule has 3 rings (SSSR count). The standard InChI is InChI=1S/C16H20N2O3/c1-11-3-2-4-13-12(11)5-8-18(13)15(21)14(20)17-9-16(10-19)6-7-16/h2-4,19H,5-10H2,1H3,(H,17,20). The van der Waals surface area contributed by atoms with Crippen LogP contribution in [0.2, 0.25) is 0 Å². The molecule has 0 spiro atoms. The van der Waals surface area contributed by atoms with E-state index in [2.05, 4.69) is 5.32 Å². The van der Waals surface area contributed by atoms with E-state index in [0.717, 1.165) is 36.1 Å². The molecule has 0 bridgehead atoms. The van der Waals surface area contributed by atoms with Crippen LogP contribution < -0.4 is 10.2 Å². The van der Waals surface area contributed by atoms with E-state index in [0.29, 0.717) is 13.1 Å². The van der Waals surface area contributed by atoms with Crippen LogP contribution in [0, 0.1) is 12.3 Å². The maximum absolute atomic E-state index is 12.3. The molecule has 1 aromatic carbocycles. The largest absolute Gasteiger partial charge is 0.396 e. The van der Waals surface area contributed by atoms with Crippen LogP contribution in [0.1, 0.15) is 24.0 Å². The van der Waals surface area contributed by atoms with Gasteiger partial charge in [0.25, 0.3) is 0 Å². The predicted octanol–water partition coefficient (Wildman–Crippen LogP) is 0.773. The smallest absolute Gasteiger partial charge is 0.316 e. The number of nitrogens with one attached hydrogen (secondary N) is 1. The van der Waals surface area contributed by atoms with Crippen LogP contribution in [0.5, 0.6) is 0 Å². The van der Waals surface area contributed by atoms with E-state index in [4.69, 9.17) is 0 Å². The van der Waals surface area contributed by atoms with Gasteiger partial charge in [-0.2, -0.15) is 0 Å². The van der Waals surface area contributed by atoms with Gasteiger partial charge in [-0.3, -0.25) is 9.59 Å².